The lowest BCUT2D eigenvalue weighted by Crippen LogP contribution is -2.45. The van der Waals surface area contributed by atoms with Gasteiger partial charge in [0.1, 0.15) is 19.0 Å². The number of aromatic nitrogens is 2. The smallest absolute Gasteiger partial charge is 0.330 e. The van der Waals surface area contributed by atoms with Crippen LogP contribution in [-0.2, 0) is 22.5 Å². The lowest BCUT2D eigenvalue weighted by molar-refractivity contribution is -0.137. The van der Waals surface area contributed by atoms with E-state index in [0.29, 0.717) is 61.0 Å². The third-order valence-corrected chi connectivity index (χ3v) is 8.19. The van der Waals surface area contributed by atoms with Crippen molar-refractivity contribution >= 4 is 22.9 Å². The highest BCUT2D eigenvalue weighted by Gasteiger charge is 2.29. The highest BCUT2D eigenvalue weighted by Crippen LogP contribution is 2.34. The summed E-state index contributed by atoms with van der Waals surface area (Å²) in [6.45, 7) is 6.33. The van der Waals surface area contributed by atoms with Gasteiger partial charge < -0.3 is 29.0 Å². The van der Waals surface area contributed by atoms with E-state index in [9.17, 15) is 9.59 Å². The Morgan fingerprint density at radius 2 is 1.98 bits per heavy atom. The number of fused-ring (bicyclic) bond motifs is 1. The molecule has 9 nitrogen and oxygen atoms in total. The number of nitrogens with one attached hydrogen (secondary N) is 1. The Morgan fingerprint density at radius 3 is 2.78 bits per heavy atom. The molecule has 6 rings (SSSR count). The first kappa shape index (κ1) is 27.4. The van der Waals surface area contributed by atoms with Gasteiger partial charge in [-0.15, -0.1) is 0 Å². The van der Waals surface area contributed by atoms with Crippen LogP contribution in [0.3, 0.4) is 0 Å². The SMILES string of the molecule is CCOC(=O)C=Cc1cc(F)c2c3c1ccc(=O)n3[C@H](CN1CCC(NCc3cc4c(cn3)OCCO4)CC1)CC2. The molecule has 0 unspecified atom stereocenters. The number of ether oxygens (including phenoxy) is 3. The fourth-order valence-corrected chi connectivity index (χ4v) is 6.16. The summed E-state index contributed by atoms with van der Waals surface area (Å²) >= 11 is 0. The van der Waals surface area contributed by atoms with Crippen molar-refractivity contribution in [2.45, 2.75) is 51.2 Å². The van der Waals surface area contributed by atoms with Gasteiger partial charge in [-0.1, -0.05) is 0 Å². The number of likely N-dealkylation sites (tertiary alicyclic amines) is 1. The largest absolute Gasteiger partial charge is 0.486 e. The number of aryl methyl sites for hydroxylation is 1. The molecule has 0 amide bonds. The number of carbonyl (C=O) groups excluding carboxylic acids is 1. The van der Waals surface area contributed by atoms with Crippen LogP contribution in [0.15, 0.2) is 41.3 Å². The molecule has 2 aromatic heterocycles. The third-order valence-electron chi connectivity index (χ3n) is 8.19. The Balaban J connectivity index is 1.12. The van der Waals surface area contributed by atoms with Crippen LogP contribution in [0.2, 0.25) is 0 Å². The first-order valence-electron chi connectivity index (χ1n) is 14.4. The van der Waals surface area contributed by atoms with Crippen LogP contribution < -0.4 is 20.3 Å². The number of carbonyl (C=O) groups is 1. The first-order chi connectivity index (χ1) is 20.0. The van der Waals surface area contributed by atoms with E-state index < -0.39 is 5.97 Å². The maximum atomic E-state index is 15.2. The third kappa shape index (κ3) is 5.85. The normalized spacial score (nSPS) is 19.1. The average Bonchev–Trinajstić information content (AvgIpc) is 2.99. The molecular formula is C31H35FN4O5. The Morgan fingerprint density at radius 1 is 1.17 bits per heavy atom. The number of hydrogen-bond donors (Lipinski definition) is 1. The molecule has 1 atom stereocenters. The number of nitrogens with zero attached hydrogens (tertiary/aromatic N) is 3. The predicted octanol–water partition coefficient (Wildman–Crippen LogP) is 3.62. The quantitative estimate of drug-likeness (QED) is 0.329. The molecule has 1 saturated heterocycles. The van der Waals surface area contributed by atoms with Gasteiger partial charge in [0.15, 0.2) is 11.5 Å². The molecule has 0 bridgehead atoms. The Bertz CT molecular complexity index is 1530. The first-order valence-corrected chi connectivity index (χ1v) is 14.4. The Hall–Kier alpha value is -3.76. The van der Waals surface area contributed by atoms with Crippen LogP contribution in [0, 0.1) is 5.82 Å². The van der Waals surface area contributed by atoms with Crippen LogP contribution in [0.25, 0.3) is 17.0 Å². The van der Waals surface area contributed by atoms with Crippen LogP contribution in [0.4, 0.5) is 4.39 Å². The molecule has 0 radical (unpaired) electrons. The van der Waals surface area contributed by atoms with Gasteiger partial charge in [0, 0.05) is 48.3 Å². The molecule has 41 heavy (non-hydrogen) atoms. The van der Waals surface area contributed by atoms with Crippen LogP contribution >= 0.6 is 0 Å². The molecule has 3 aromatic rings. The molecular weight excluding hydrogens is 527 g/mol. The number of benzene rings is 1. The number of piperidine rings is 1. The van der Waals surface area contributed by atoms with E-state index in [1.807, 2.05) is 6.07 Å². The summed E-state index contributed by atoms with van der Waals surface area (Å²) in [6, 6.07) is 7.00. The molecule has 0 saturated carbocycles. The summed E-state index contributed by atoms with van der Waals surface area (Å²) < 4.78 is 33.2. The summed E-state index contributed by atoms with van der Waals surface area (Å²) in [4.78, 5) is 31.9. The zero-order valence-electron chi connectivity index (χ0n) is 23.2. The van der Waals surface area contributed by atoms with E-state index in [-0.39, 0.29) is 24.0 Å². The molecule has 0 spiro atoms. The minimum absolute atomic E-state index is 0.0474. The summed E-state index contributed by atoms with van der Waals surface area (Å²) in [5.41, 5.74) is 2.56. The molecule has 10 heteroatoms. The second kappa shape index (κ2) is 12.0. The molecule has 1 N–H and O–H groups in total. The summed E-state index contributed by atoms with van der Waals surface area (Å²) in [5, 5.41) is 4.39. The van der Waals surface area contributed by atoms with Gasteiger partial charge in [-0.25, -0.2) is 9.18 Å². The van der Waals surface area contributed by atoms with Crippen LogP contribution in [0.5, 0.6) is 11.5 Å². The topological polar surface area (TPSA) is 94.9 Å². The van der Waals surface area contributed by atoms with Gasteiger partial charge in [0.25, 0.3) is 5.56 Å². The van der Waals surface area contributed by atoms with E-state index in [2.05, 4.69) is 15.2 Å². The fourth-order valence-electron chi connectivity index (χ4n) is 6.16. The van der Waals surface area contributed by atoms with Gasteiger partial charge >= 0.3 is 5.97 Å². The lowest BCUT2D eigenvalue weighted by atomic mass is 9.92. The van der Waals surface area contributed by atoms with Gasteiger partial charge in [-0.05, 0) is 69.5 Å². The Labute approximate surface area is 237 Å². The summed E-state index contributed by atoms with van der Waals surface area (Å²) in [6.07, 6.45) is 7.85. The molecule has 5 heterocycles. The molecule has 216 valence electrons. The zero-order valence-corrected chi connectivity index (χ0v) is 23.2. The zero-order chi connectivity index (χ0) is 28.3. The molecule has 1 fully saturated rings. The van der Waals surface area contributed by atoms with Crippen molar-refractivity contribution in [3.63, 3.8) is 0 Å². The standard InChI is InChI=1S/C31H35FN4O5/c1-2-39-30(38)8-3-20-15-26(32)25-5-4-23(36-29(37)7-6-24(20)31(25)36)19-35-11-9-21(10-12-35)33-17-22-16-27-28(18-34-22)41-14-13-40-27/h3,6-8,15-16,18,21,23,33H,2,4-5,9-14,17,19H2,1H3/t23-/m0/s1. The van der Waals surface area contributed by atoms with Crippen molar-refractivity contribution in [3.05, 3.63) is 69.5 Å². The average molecular weight is 563 g/mol. The highest BCUT2D eigenvalue weighted by atomic mass is 19.1. The molecule has 3 aliphatic rings. The number of halogens is 1. The van der Waals surface area contributed by atoms with Gasteiger partial charge in [-0.3, -0.25) is 9.78 Å². The fraction of sp³-hybridized carbons (Fsp3) is 0.452. The van der Waals surface area contributed by atoms with Gasteiger partial charge in [0.2, 0.25) is 0 Å². The van der Waals surface area contributed by atoms with Gasteiger partial charge in [0.05, 0.1) is 30.1 Å². The summed E-state index contributed by atoms with van der Waals surface area (Å²) in [5.74, 6) is 0.613. The van der Waals surface area contributed by atoms with Crippen molar-refractivity contribution in [2.24, 2.45) is 0 Å². The monoisotopic (exact) mass is 562 g/mol. The van der Waals surface area contributed by atoms with Crippen molar-refractivity contribution in [3.8, 4) is 11.5 Å². The van der Waals surface area contributed by atoms with Crippen molar-refractivity contribution in [1.29, 1.82) is 0 Å². The second-order valence-corrected chi connectivity index (χ2v) is 10.8. The maximum Gasteiger partial charge on any atom is 0.330 e. The number of rotatable bonds is 8. The number of esters is 1. The van der Waals surface area contributed by atoms with E-state index in [0.717, 1.165) is 49.3 Å². The van der Waals surface area contributed by atoms with Crippen molar-refractivity contribution < 1.29 is 23.4 Å². The Kier molecular flexibility index (Phi) is 8.02. The van der Waals surface area contributed by atoms with E-state index in [1.165, 1.54) is 12.1 Å². The predicted molar refractivity (Wildman–Crippen MR) is 153 cm³/mol. The van der Waals surface area contributed by atoms with E-state index in [1.54, 1.807) is 35.9 Å². The van der Waals surface area contributed by atoms with Crippen molar-refractivity contribution in [1.82, 2.24) is 19.8 Å². The van der Waals surface area contributed by atoms with Crippen LogP contribution in [0.1, 0.15) is 49.0 Å². The maximum absolute atomic E-state index is 15.2. The van der Waals surface area contributed by atoms with E-state index in [4.69, 9.17) is 14.2 Å². The molecule has 0 aliphatic carbocycles. The second-order valence-electron chi connectivity index (χ2n) is 10.8. The van der Waals surface area contributed by atoms with Gasteiger partial charge in [-0.2, -0.15) is 0 Å². The van der Waals surface area contributed by atoms with E-state index >= 15 is 4.39 Å². The lowest BCUT2D eigenvalue weighted by Gasteiger charge is -2.37. The summed E-state index contributed by atoms with van der Waals surface area (Å²) in [7, 11) is 0. The number of hydrogen-bond acceptors (Lipinski definition) is 8. The van der Waals surface area contributed by atoms with Crippen LogP contribution in [-0.4, -0.2) is 65.9 Å². The number of pyridine rings is 2. The minimum Gasteiger partial charge on any atom is -0.486 e. The highest BCUT2D eigenvalue weighted by molar-refractivity contribution is 5.95. The molecule has 1 aromatic carbocycles. The minimum atomic E-state index is -0.483. The molecule has 3 aliphatic heterocycles. The van der Waals surface area contributed by atoms with Crippen molar-refractivity contribution in [2.75, 3.05) is 39.5 Å².